The Bertz CT molecular complexity index is 3230. The monoisotopic (exact) mass is 748 g/mol. The highest BCUT2D eigenvalue weighted by Crippen LogP contribution is 2.60. The van der Waals surface area contributed by atoms with Gasteiger partial charge in [0.1, 0.15) is 11.2 Å². The zero-order valence-electron chi connectivity index (χ0n) is 32.1. The van der Waals surface area contributed by atoms with Crippen LogP contribution in [0.15, 0.2) is 156 Å². The average molecular weight is 749 g/mol. The summed E-state index contributed by atoms with van der Waals surface area (Å²) in [5.41, 5.74) is 9.66. The van der Waals surface area contributed by atoms with Gasteiger partial charge in [-0.2, -0.15) is 0 Å². The smallest absolute Gasteiger partial charge is 0.167 e. The van der Waals surface area contributed by atoms with Crippen LogP contribution >= 0.6 is 0 Å². The normalized spacial score (nSPS) is 21.3. The van der Waals surface area contributed by atoms with E-state index in [-0.39, 0.29) is 0 Å². The number of hydrogen-bond donors (Lipinski definition) is 0. The molecule has 10 aromatic rings. The molecule has 0 spiro atoms. The number of aromatic nitrogens is 4. The Kier molecular flexibility index (Phi) is 6.84. The van der Waals surface area contributed by atoms with Gasteiger partial charge in [-0.05, 0) is 114 Å². The maximum Gasteiger partial charge on any atom is 0.167 e. The minimum atomic E-state index is 0.330. The molecule has 4 saturated carbocycles. The van der Waals surface area contributed by atoms with Crippen LogP contribution in [-0.2, 0) is 5.41 Å². The molecular weight excluding hydrogens is 709 g/mol. The summed E-state index contributed by atoms with van der Waals surface area (Å²) >= 11 is 0. The zero-order valence-corrected chi connectivity index (χ0v) is 32.1. The predicted molar refractivity (Wildman–Crippen MR) is 235 cm³/mol. The fourth-order valence-corrected chi connectivity index (χ4v) is 11.9. The lowest BCUT2D eigenvalue weighted by Gasteiger charge is -2.57. The summed E-state index contributed by atoms with van der Waals surface area (Å²) in [5.74, 6) is 4.60. The molecule has 7 aromatic carbocycles. The van der Waals surface area contributed by atoms with Crippen LogP contribution in [-0.4, -0.2) is 19.5 Å². The fourth-order valence-electron chi connectivity index (χ4n) is 11.9. The molecule has 0 aliphatic heterocycles. The van der Waals surface area contributed by atoms with E-state index < -0.39 is 0 Å². The summed E-state index contributed by atoms with van der Waals surface area (Å²) in [5, 5.41) is 6.94. The molecule has 0 unspecified atom stereocenters. The Balaban J connectivity index is 1.01. The summed E-state index contributed by atoms with van der Waals surface area (Å²) < 4.78 is 9.07. The Morgan fingerprint density at radius 3 is 1.93 bits per heavy atom. The van der Waals surface area contributed by atoms with Crippen molar-refractivity contribution in [2.24, 2.45) is 17.8 Å². The van der Waals surface area contributed by atoms with Crippen molar-refractivity contribution in [3.63, 3.8) is 0 Å². The zero-order chi connectivity index (χ0) is 38.0. The van der Waals surface area contributed by atoms with Gasteiger partial charge in [-0.1, -0.05) is 115 Å². The molecule has 0 amide bonds. The molecule has 4 aliphatic carbocycles. The van der Waals surface area contributed by atoms with E-state index in [9.17, 15) is 0 Å². The molecule has 14 rings (SSSR count). The van der Waals surface area contributed by atoms with Gasteiger partial charge in [-0.3, -0.25) is 0 Å². The molecular formula is C53H40N4O. The number of para-hydroxylation sites is 3. The minimum absolute atomic E-state index is 0.330. The maximum absolute atomic E-state index is 6.72. The quantitative estimate of drug-likeness (QED) is 0.176. The maximum atomic E-state index is 6.72. The summed E-state index contributed by atoms with van der Waals surface area (Å²) in [7, 11) is 0. The lowest BCUT2D eigenvalue weighted by molar-refractivity contribution is -0.00518. The minimum Gasteiger partial charge on any atom is -0.455 e. The highest BCUT2D eigenvalue weighted by molar-refractivity contribution is 6.20. The molecule has 4 fully saturated rings. The van der Waals surface area contributed by atoms with Crippen LogP contribution in [0.5, 0.6) is 0 Å². The predicted octanol–water partition coefficient (Wildman–Crippen LogP) is 13.5. The van der Waals surface area contributed by atoms with E-state index in [0.29, 0.717) is 22.9 Å². The van der Waals surface area contributed by atoms with Crippen LogP contribution < -0.4 is 0 Å². The molecule has 3 heterocycles. The van der Waals surface area contributed by atoms with E-state index in [4.69, 9.17) is 19.4 Å². The number of nitrogens with zero attached hydrogens (tertiary/aromatic N) is 4. The van der Waals surface area contributed by atoms with Crippen molar-refractivity contribution >= 4 is 54.5 Å². The van der Waals surface area contributed by atoms with Crippen LogP contribution in [0, 0.1) is 17.8 Å². The third-order valence-corrected chi connectivity index (χ3v) is 14.0. The van der Waals surface area contributed by atoms with Gasteiger partial charge in [0.2, 0.25) is 0 Å². The largest absolute Gasteiger partial charge is 0.455 e. The van der Waals surface area contributed by atoms with Crippen molar-refractivity contribution in [2.45, 2.75) is 43.9 Å². The molecule has 4 bridgehead atoms. The van der Waals surface area contributed by atoms with Crippen LogP contribution in [0.1, 0.15) is 44.1 Å². The van der Waals surface area contributed by atoms with Crippen molar-refractivity contribution in [2.75, 3.05) is 0 Å². The molecule has 3 aromatic heterocycles. The molecule has 0 saturated heterocycles. The third kappa shape index (κ3) is 4.86. The van der Waals surface area contributed by atoms with Crippen LogP contribution in [0.3, 0.4) is 0 Å². The summed E-state index contributed by atoms with van der Waals surface area (Å²) in [6.07, 6.45) is 8.37. The molecule has 0 atom stereocenters. The van der Waals surface area contributed by atoms with Gasteiger partial charge in [0, 0.05) is 38.4 Å². The van der Waals surface area contributed by atoms with Crippen molar-refractivity contribution < 1.29 is 4.42 Å². The van der Waals surface area contributed by atoms with Crippen LogP contribution in [0.2, 0.25) is 0 Å². The number of fused-ring (bicyclic) bond motifs is 8. The lowest BCUT2D eigenvalue weighted by atomic mass is 9.48. The molecule has 0 N–H and O–H groups in total. The van der Waals surface area contributed by atoms with Gasteiger partial charge >= 0.3 is 0 Å². The summed E-state index contributed by atoms with van der Waals surface area (Å²) in [6.45, 7) is 0. The van der Waals surface area contributed by atoms with E-state index in [1.807, 2.05) is 0 Å². The Labute approximate surface area is 336 Å². The van der Waals surface area contributed by atoms with Crippen molar-refractivity contribution in [3.8, 4) is 39.9 Å². The fraction of sp³-hybridized carbons (Fsp3) is 0.189. The second kappa shape index (κ2) is 12.2. The molecule has 4 aliphatic rings. The van der Waals surface area contributed by atoms with Crippen LogP contribution in [0.25, 0.3) is 94.4 Å². The Morgan fingerprint density at radius 2 is 1.14 bits per heavy atom. The standard InChI is InChI=1S/C53H40N4O/c1-2-10-39(11-3-1)57-45-16-7-6-13-41(45)42-23-19-37(28-46(42)57)51-54-50(36-17-21-38(22-18-36)53-29-32-25-33(30-53)27-34(26-32)31-53)55-52(56-51)44-15-8-14-43-48-40-12-5-4-9-35(40)20-24-47(48)58-49(43)44/h1-24,28,32-34H,25-27,29-31H2. The Hall–Kier alpha value is -6.59. The second-order valence-corrected chi connectivity index (χ2v) is 17.4. The molecule has 5 heteroatoms. The molecule has 0 radical (unpaired) electrons. The van der Waals surface area contributed by atoms with Gasteiger partial charge in [-0.15, -0.1) is 0 Å². The first-order valence-electron chi connectivity index (χ1n) is 20.9. The topological polar surface area (TPSA) is 56.7 Å². The summed E-state index contributed by atoms with van der Waals surface area (Å²) in [6, 6.07) is 54.2. The highest BCUT2D eigenvalue weighted by atomic mass is 16.3. The van der Waals surface area contributed by atoms with Crippen molar-refractivity contribution in [1.29, 1.82) is 0 Å². The van der Waals surface area contributed by atoms with Gasteiger partial charge < -0.3 is 8.98 Å². The first kappa shape index (κ1) is 32.5. The first-order chi connectivity index (χ1) is 28.6. The van der Waals surface area contributed by atoms with E-state index in [1.165, 1.54) is 71.1 Å². The van der Waals surface area contributed by atoms with E-state index in [0.717, 1.165) is 67.6 Å². The Morgan fingerprint density at radius 1 is 0.500 bits per heavy atom. The average Bonchev–Trinajstić information content (AvgIpc) is 3.82. The second-order valence-electron chi connectivity index (χ2n) is 17.4. The highest BCUT2D eigenvalue weighted by Gasteiger charge is 2.51. The number of hydrogen-bond acceptors (Lipinski definition) is 4. The first-order valence-corrected chi connectivity index (χ1v) is 20.9. The van der Waals surface area contributed by atoms with Gasteiger partial charge in [0.05, 0.1) is 16.6 Å². The SMILES string of the molecule is c1ccc(-n2c3ccccc3c3ccc(-c4nc(-c5ccc(C67CC8CC(CC(C8)C6)C7)cc5)nc(-c5cccc6c5oc5ccc7ccccc7c56)n4)cc32)cc1. The number of furan rings is 1. The molecule has 278 valence electrons. The van der Waals surface area contributed by atoms with Crippen molar-refractivity contribution in [1.82, 2.24) is 19.5 Å². The van der Waals surface area contributed by atoms with Crippen molar-refractivity contribution in [3.05, 3.63) is 157 Å². The van der Waals surface area contributed by atoms with E-state index in [2.05, 4.69) is 156 Å². The molecule has 5 nitrogen and oxygen atoms in total. The van der Waals surface area contributed by atoms with Gasteiger partial charge in [0.15, 0.2) is 17.5 Å². The summed E-state index contributed by atoms with van der Waals surface area (Å²) in [4.78, 5) is 15.9. The van der Waals surface area contributed by atoms with Gasteiger partial charge in [-0.25, -0.2) is 15.0 Å². The number of rotatable bonds is 5. The number of benzene rings is 7. The third-order valence-electron chi connectivity index (χ3n) is 14.0. The molecule has 58 heavy (non-hydrogen) atoms. The van der Waals surface area contributed by atoms with E-state index in [1.54, 1.807) is 0 Å². The van der Waals surface area contributed by atoms with E-state index >= 15 is 0 Å². The van der Waals surface area contributed by atoms with Crippen LogP contribution in [0.4, 0.5) is 0 Å². The lowest BCUT2D eigenvalue weighted by Crippen LogP contribution is -2.48. The van der Waals surface area contributed by atoms with Gasteiger partial charge in [0.25, 0.3) is 0 Å².